The highest BCUT2D eigenvalue weighted by Gasteiger charge is 2.12. The van der Waals surface area contributed by atoms with Crippen LogP contribution < -0.4 is 10.6 Å². The third-order valence-corrected chi connectivity index (χ3v) is 3.71. The second-order valence-electron chi connectivity index (χ2n) is 5.14. The second kappa shape index (κ2) is 6.44. The molecule has 3 heteroatoms. The molecule has 2 aromatic carbocycles. The molecule has 0 unspecified atom stereocenters. The minimum Gasteiger partial charge on any atom is -0.397 e. The summed E-state index contributed by atoms with van der Waals surface area (Å²) in [6.07, 6.45) is 0. The SMILES string of the molecule is CCN(CC)c1ccc(C(=O)c2ccc(C)cc2)cc1N. The van der Waals surface area contributed by atoms with Crippen LogP contribution in [0.25, 0.3) is 0 Å². The standard InChI is InChI=1S/C18H22N2O/c1-4-20(5-2)17-11-10-15(12-16(17)19)18(21)14-8-6-13(3)7-9-14/h6-12H,4-5,19H2,1-3H3. The summed E-state index contributed by atoms with van der Waals surface area (Å²) in [5.74, 6) is 0.00722. The molecule has 0 spiro atoms. The fourth-order valence-corrected chi connectivity index (χ4v) is 2.42. The number of rotatable bonds is 5. The molecule has 0 bridgehead atoms. The molecule has 2 rings (SSSR count). The topological polar surface area (TPSA) is 46.3 Å². The summed E-state index contributed by atoms with van der Waals surface area (Å²) in [6, 6.07) is 13.2. The van der Waals surface area contributed by atoms with E-state index in [1.54, 1.807) is 6.07 Å². The molecule has 110 valence electrons. The van der Waals surface area contributed by atoms with Gasteiger partial charge in [-0.2, -0.15) is 0 Å². The number of nitrogen functional groups attached to an aromatic ring is 1. The number of carbonyl (C=O) groups excluding carboxylic acids is 1. The van der Waals surface area contributed by atoms with Gasteiger partial charge >= 0.3 is 0 Å². The zero-order chi connectivity index (χ0) is 15.4. The lowest BCUT2D eigenvalue weighted by Crippen LogP contribution is -2.23. The molecule has 0 aliphatic rings. The minimum atomic E-state index is 0.00722. The maximum atomic E-state index is 12.5. The molecule has 2 aromatic rings. The number of ketones is 1. The van der Waals surface area contributed by atoms with E-state index in [2.05, 4.69) is 18.7 Å². The minimum absolute atomic E-state index is 0.00722. The van der Waals surface area contributed by atoms with Gasteiger partial charge in [-0.1, -0.05) is 29.8 Å². The van der Waals surface area contributed by atoms with Crippen molar-refractivity contribution in [2.45, 2.75) is 20.8 Å². The van der Waals surface area contributed by atoms with E-state index >= 15 is 0 Å². The Hall–Kier alpha value is -2.29. The van der Waals surface area contributed by atoms with Crippen molar-refractivity contribution < 1.29 is 4.79 Å². The number of nitrogens with two attached hydrogens (primary N) is 1. The monoisotopic (exact) mass is 282 g/mol. The molecule has 0 fully saturated rings. The zero-order valence-electron chi connectivity index (χ0n) is 12.9. The van der Waals surface area contributed by atoms with Gasteiger partial charge in [0.05, 0.1) is 11.4 Å². The molecule has 0 aliphatic carbocycles. The first kappa shape index (κ1) is 15.1. The fraction of sp³-hybridized carbons (Fsp3) is 0.278. The van der Waals surface area contributed by atoms with Gasteiger partial charge in [-0.15, -0.1) is 0 Å². The number of aryl methyl sites for hydroxylation is 1. The predicted molar refractivity (Wildman–Crippen MR) is 89.0 cm³/mol. The van der Waals surface area contributed by atoms with Crippen LogP contribution in [0.5, 0.6) is 0 Å². The van der Waals surface area contributed by atoms with E-state index in [0.717, 1.165) is 24.3 Å². The summed E-state index contributed by atoms with van der Waals surface area (Å²) in [4.78, 5) is 14.6. The third kappa shape index (κ3) is 3.24. The maximum Gasteiger partial charge on any atom is 0.193 e. The lowest BCUT2D eigenvalue weighted by molar-refractivity contribution is 0.103. The van der Waals surface area contributed by atoms with E-state index in [1.807, 2.05) is 43.3 Å². The largest absolute Gasteiger partial charge is 0.397 e. The quantitative estimate of drug-likeness (QED) is 0.672. The average Bonchev–Trinajstić information content (AvgIpc) is 2.50. The normalized spacial score (nSPS) is 10.4. The summed E-state index contributed by atoms with van der Waals surface area (Å²) < 4.78 is 0. The first-order chi connectivity index (χ1) is 10.1. The van der Waals surface area contributed by atoms with Gasteiger partial charge in [0, 0.05) is 24.2 Å². The van der Waals surface area contributed by atoms with Gasteiger partial charge in [-0.25, -0.2) is 0 Å². The predicted octanol–water partition coefficient (Wildman–Crippen LogP) is 3.65. The lowest BCUT2D eigenvalue weighted by Gasteiger charge is -2.23. The summed E-state index contributed by atoms with van der Waals surface area (Å²) in [6.45, 7) is 7.98. The van der Waals surface area contributed by atoms with E-state index in [4.69, 9.17) is 5.73 Å². The molecule has 0 atom stereocenters. The highest BCUT2D eigenvalue weighted by Crippen LogP contribution is 2.25. The molecule has 0 radical (unpaired) electrons. The number of hydrogen-bond acceptors (Lipinski definition) is 3. The van der Waals surface area contributed by atoms with Crippen molar-refractivity contribution >= 4 is 17.2 Å². The average molecular weight is 282 g/mol. The van der Waals surface area contributed by atoms with Crippen molar-refractivity contribution in [2.24, 2.45) is 0 Å². The van der Waals surface area contributed by atoms with Crippen LogP contribution in [0.3, 0.4) is 0 Å². The number of benzene rings is 2. The second-order valence-corrected chi connectivity index (χ2v) is 5.14. The van der Waals surface area contributed by atoms with Crippen LogP contribution in [-0.4, -0.2) is 18.9 Å². The molecule has 21 heavy (non-hydrogen) atoms. The van der Waals surface area contributed by atoms with Crippen LogP contribution in [-0.2, 0) is 0 Å². The molecule has 0 amide bonds. The van der Waals surface area contributed by atoms with Crippen LogP contribution in [0.15, 0.2) is 42.5 Å². The molecular weight excluding hydrogens is 260 g/mol. The molecular formula is C18H22N2O. The van der Waals surface area contributed by atoms with E-state index in [1.165, 1.54) is 0 Å². The molecule has 2 N–H and O–H groups in total. The molecule has 3 nitrogen and oxygen atoms in total. The number of nitrogens with zero attached hydrogens (tertiary/aromatic N) is 1. The van der Waals surface area contributed by atoms with Crippen LogP contribution in [0, 0.1) is 6.92 Å². The summed E-state index contributed by atoms with van der Waals surface area (Å²) in [7, 11) is 0. The van der Waals surface area contributed by atoms with Crippen molar-refractivity contribution in [1.29, 1.82) is 0 Å². The van der Waals surface area contributed by atoms with Crippen molar-refractivity contribution in [1.82, 2.24) is 0 Å². The Morgan fingerprint density at radius 3 is 2.10 bits per heavy atom. The molecule has 0 aliphatic heterocycles. The van der Waals surface area contributed by atoms with E-state index in [0.29, 0.717) is 16.8 Å². The van der Waals surface area contributed by atoms with E-state index in [9.17, 15) is 4.79 Å². The third-order valence-electron chi connectivity index (χ3n) is 3.71. The molecule has 0 heterocycles. The number of carbonyl (C=O) groups is 1. The van der Waals surface area contributed by atoms with Crippen LogP contribution >= 0.6 is 0 Å². The van der Waals surface area contributed by atoms with Gasteiger partial charge in [0.2, 0.25) is 0 Å². The van der Waals surface area contributed by atoms with Gasteiger partial charge in [0.25, 0.3) is 0 Å². The van der Waals surface area contributed by atoms with E-state index < -0.39 is 0 Å². The first-order valence-corrected chi connectivity index (χ1v) is 7.32. The number of anilines is 2. The lowest BCUT2D eigenvalue weighted by atomic mass is 10.0. The van der Waals surface area contributed by atoms with Crippen molar-refractivity contribution in [3.63, 3.8) is 0 Å². The highest BCUT2D eigenvalue weighted by atomic mass is 16.1. The van der Waals surface area contributed by atoms with Crippen LogP contribution in [0.2, 0.25) is 0 Å². The molecule has 0 saturated heterocycles. The van der Waals surface area contributed by atoms with Crippen molar-refractivity contribution in [2.75, 3.05) is 23.7 Å². The highest BCUT2D eigenvalue weighted by molar-refractivity contribution is 6.09. The Balaban J connectivity index is 2.31. The van der Waals surface area contributed by atoms with Gasteiger partial charge in [0.15, 0.2) is 5.78 Å². The summed E-state index contributed by atoms with van der Waals surface area (Å²) in [5, 5.41) is 0. The first-order valence-electron chi connectivity index (χ1n) is 7.32. The van der Waals surface area contributed by atoms with Crippen molar-refractivity contribution in [3.8, 4) is 0 Å². The smallest absolute Gasteiger partial charge is 0.193 e. The van der Waals surface area contributed by atoms with E-state index in [-0.39, 0.29) is 5.78 Å². The van der Waals surface area contributed by atoms with Gasteiger partial charge in [-0.3, -0.25) is 4.79 Å². The summed E-state index contributed by atoms with van der Waals surface area (Å²) >= 11 is 0. The van der Waals surface area contributed by atoms with Gasteiger partial charge < -0.3 is 10.6 Å². The summed E-state index contributed by atoms with van der Waals surface area (Å²) in [5.41, 5.74) is 10.2. The zero-order valence-corrected chi connectivity index (χ0v) is 12.9. The molecule has 0 saturated carbocycles. The van der Waals surface area contributed by atoms with Gasteiger partial charge in [0.1, 0.15) is 0 Å². The Morgan fingerprint density at radius 2 is 1.57 bits per heavy atom. The Bertz CT molecular complexity index is 628. The fourth-order valence-electron chi connectivity index (χ4n) is 2.42. The van der Waals surface area contributed by atoms with Crippen molar-refractivity contribution in [3.05, 3.63) is 59.2 Å². The van der Waals surface area contributed by atoms with Crippen LogP contribution in [0.1, 0.15) is 35.3 Å². The molecule has 0 aromatic heterocycles. The Labute approximate surface area is 126 Å². The Kier molecular flexibility index (Phi) is 4.63. The Morgan fingerprint density at radius 1 is 1.00 bits per heavy atom. The maximum absolute atomic E-state index is 12.5. The van der Waals surface area contributed by atoms with Gasteiger partial charge in [-0.05, 0) is 39.0 Å². The number of hydrogen-bond donors (Lipinski definition) is 1. The van der Waals surface area contributed by atoms with Crippen LogP contribution in [0.4, 0.5) is 11.4 Å².